The second-order valence-electron chi connectivity index (χ2n) is 4.94. The number of aromatic nitrogens is 1. The van der Waals surface area contributed by atoms with Crippen LogP contribution in [0.1, 0.15) is 21.5 Å². The Bertz CT molecular complexity index is 640. The molecule has 2 rings (SSSR count). The second-order valence-corrected chi connectivity index (χ2v) is 4.94. The van der Waals surface area contributed by atoms with E-state index < -0.39 is 0 Å². The SMILES string of the molecule is Cc1cccc(C(=O)NCCNc2nccc(C)c2N)c1. The van der Waals surface area contributed by atoms with Crippen molar-refractivity contribution < 1.29 is 4.79 Å². The van der Waals surface area contributed by atoms with Crippen LogP contribution < -0.4 is 16.4 Å². The van der Waals surface area contributed by atoms with Gasteiger partial charge in [-0.1, -0.05) is 17.7 Å². The molecular weight excluding hydrogens is 264 g/mol. The van der Waals surface area contributed by atoms with E-state index in [9.17, 15) is 4.79 Å². The van der Waals surface area contributed by atoms with Crippen molar-refractivity contribution in [2.45, 2.75) is 13.8 Å². The number of hydrogen-bond acceptors (Lipinski definition) is 4. The van der Waals surface area contributed by atoms with Crippen molar-refractivity contribution in [3.05, 3.63) is 53.2 Å². The number of pyridine rings is 1. The smallest absolute Gasteiger partial charge is 0.251 e. The molecular formula is C16H20N4O. The zero-order chi connectivity index (χ0) is 15.2. The molecule has 0 aliphatic heterocycles. The van der Waals surface area contributed by atoms with Crippen LogP contribution in [0, 0.1) is 13.8 Å². The van der Waals surface area contributed by atoms with E-state index in [1.807, 2.05) is 38.1 Å². The standard InChI is InChI=1S/C16H20N4O/c1-11-4-3-5-13(10-11)16(21)20-9-8-19-15-14(17)12(2)6-7-18-15/h3-7,10H,8-9,17H2,1-2H3,(H,18,19)(H,20,21). The Morgan fingerprint density at radius 2 is 2.05 bits per heavy atom. The summed E-state index contributed by atoms with van der Waals surface area (Å²) in [6, 6.07) is 9.36. The summed E-state index contributed by atoms with van der Waals surface area (Å²) >= 11 is 0. The number of hydrogen-bond donors (Lipinski definition) is 3. The molecule has 4 N–H and O–H groups in total. The number of benzene rings is 1. The van der Waals surface area contributed by atoms with Crippen molar-refractivity contribution >= 4 is 17.4 Å². The Balaban J connectivity index is 1.82. The first-order chi connectivity index (χ1) is 10.1. The van der Waals surface area contributed by atoms with E-state index in [-0.39, 0.29) is 5.91 Å². The first-order valence-corrected chi connectivity index (χ1v) is 6.88. The topological polar surface area (TPSA) is 80.0 Å². The maximum Gasteiger partial charge on any atom is 0.251 e. The van der Waals surface area contributed by atoms with Gasteiger partial charge in [0.15, 0.2) is 0 Å². The number of nitrogens with one attached hydrogen (secondary N) is 2. The lowest BCUT2D eigenvalue weighted by Gasteiger charge is -2.10. The molecule has 1 heterocycles. The minimum Gasteiger partial charge on any atom is -0.396 e. The first-order valence-electron chi connectivity index (χ1n) is 6.88. The highest BCUT2D eigenvalue weighted by atomic mass is 16.1. The number of nitrogen functional groups attached to an aromatic ring is 1. The summed E-state index contributed by atoms with van der Waals surface area (Å²) in [6.45, 7) is 4.96. The van der Waals surface area contributed by atoms with Gasteiger partial charge < -0.3 is 16.4 Å². The molecule has 0 saturated heterocycles. The zero-order valence-electron chi connectivity index (χ0n) is 12.3. The van der Waals surface area contributed by atoms with Crippen LogP contribution >= 0.6 is 0 Å². The normalized spacial score (nSPS) is 10.2. The van der Waals surface area contributed by atoms with E-state index in [2.05, 4.69) is 15.6 Å². The first kappa shape index (κ1) is 14.8. The fourth-order valence-electron chi connectivity index (χ4n) is 1.96. The van der Waals surface area contributed by atoms with Gasteiger partial charge in [-0.25, -0.2) is 4.98 Å². The van der Waals surface area contributed by atoms with E-state index in [0.29, 0.717) is 30.2 Å². The van der Waals surface area contributed by atoms with E-state index >= 15 is 0 Å². The monoisotopic (exact) mass is 284 g/mol. The maximum absolute atomic E-state index is 12.0. The van der Waals surface area contributed by atoms with Crippen molar-refractivity contribution in [3.8, 4) is 0 Å². The van der Waals surface area contributed by atoms with Gasteiger partial charge in [0, 0.05) is 24.8 Å². The molecule has 0 spiro atoms. The van der Waals surface area contributed by atoms with E-state index in [1.54, 1.807) is 12.3 Å². The highest BCUT2D eigenvalue weighted by molar-refractivity contribution is 5.94. The van der Waals surface area contributed by atoms with Crippen molar-refractivity contribution in [2.24, 2.45) is 0 Å². The molecule has 0 atom stereocenters. The molecule has 5 heteroatoms. The molecule has 1 aromatic carbocycles. The minimum absolute atomic E-state index is 0.0781. The molecule has 2 aromatic rings. The minimum atomic E-state index is -0.0781. The molecule has 0 unspecified atom stereocenters. The van der Waals surface area contributed by atoms with Gasteiger partial charge in [-0.3, -0.25) is 4.79 Å². The average molecular weight is 284 g/mol. The van der Waals surface area contributed by atoms with Crippen molar-refractivity contribution in [3.63, 3.8) is 0 Å². The Labute approximate surface area is 124 Å². The number of carbonyl (C=O) groups excluding carboxylic acids is 1. The van der Waals surface area contributed by atoms with Crippen LogP contribution in [-0.2, 0) is 0 Å². The maximum atomic E-state index is 12.0. The molecule has 0 saturated carbocycles. The molecule has 5 nitrogen and oxygen atoms in total. The van der Waals surface area contributed by atoms with Crippen LogP contribution in [0.5, 0.6) is 0 Å². The number of nitrogens with two attached hydrogens (primary N) is 1. The predicted molar refractivity (Wildman–Crippen MR) is 85.4 cm³/mol. The van der Waals surface area contributed by atoms with Gasteiger partial charge in [0.1, 0.15) is 5.82 Å². The number of rotatable bonds is 5. The van der Waals surface area contributed by atoms with Gasteiger partial charge in [-0.15, -0.1) is 0 Å². The molecule has 110 valence electrons. The lowest BCUT2D eigenvalue weighted by molar-refractivity contribution is 0.0955. The highest BCUT2D eigenvalue weighted by Crippen LogP contribution is 2.17. The van der Waals surface area contributed by atoms with Gasteiger partial charge in [0.2, 0.25) is 0 Å². The molecule has 1 amide bonds. The summed E-state index contributed by atoms with van der Waals surface area (Å²) < 4.78 is 0. The number of anilines is 2. The highest BCUT2D eigenvalue weighted by Gasteiger charge is 2.05. The predicted octanol–water partition coefficient (Wildman–Crippen LogP) is 2.12. The fraction of sp³-hybridized carbons (Fsp3) is 0.250. The van der Waals surface area contributed by atoms with Crippen LogP contribution in [0.25, 0.3) is 0 Å². The molecule has 0 fully saturated rings. The lowest BCUT2D eigenvalue weighted by Crippen LogP contribution is -2.29. The van der Waals surface area contributed by atoms with Crippen LogP contribution in [-0.4, -0.2) is 24.0 Å². The molecule has 21 heavy (non-hydrogen) atoms. The van der Waals surface area contributed by atoms with Crippen molar-refractivity contribution in [1.82, 2.24) is 10.3 Å². The third kappa shape index (κ3) is 3.95. The summed E-state index contributed by atoms with van der Waals surface area (Å²) in [5.41, 5.74) is 9.28. The van der Waals surface area contributed by atoms with Gasteiger partial charge >= 0.3 is 0 Å². The summed E-state index contributed by atoms with van der Waals surface area (Å²) in [7, 11) is 0. The number of carbonyl (C=O) groups is 1. The fourth-order valence-corrected chi connectivity index (χ4v) is 1.96. The van der Waals surface area contributed by atoms with Gasteiger partial charge in [-0.2, -0.15) is 0 Å². The van der Waals surface area contributed by atoms with Crippen molar-refractivity contribution in [1.29, 1.82) is 0 Å². The Kier molecular flexibility index (Phi) is 4.77. The summed E-state index contributed by atoms with van der Waals surface area (Å²) in [6.07, 6.45) is 1.71. The lowest BCUT2D eigenvalue weighted by atomic mass is 10.1. The molecule has 0 bridgehead atoms. The van der Waals surface area contributed by atoms with Crippen LogP contribution in [0.2, 0.25) is 0 Å². The zero-order valence-corrected chi connectivity index (χ0v) is 12.3. The van der Waals surface area contributed by atoms with E-state index in [0.717, 1.165) is 11.1 Å². The summed E-state index contributed by atoms with van der Waals surface area (Å²) in [5.74, 6) is 0.575. The third-order valence-electron chi connectivity index (χ3n) is 3.19. The van der Waals surface area contributed by atoms with E-state index in [4.69, 9.17) is 5.73 Å². The van der Waals surface area contributed by atoms with Gasteiger partial charge in [0.25, 0.3) is 5.91 Å². The Morgan fingerprint density at radius 1 is 1.24 bits per heavy atom. The Hall–Kier alpha value is -2.56. The summed E-state index contributed by atoms with van der Waals surface area (Å²) in [5, 5.41) is 5.98. The average Bonchev–Trinajstić information content (AvgIpc) is 2.47. The third-order valence-corrected chi connectivity index (χ3v) is 3.19. The largest absolute Gasteiger partial charge is 0.396 e. The van der Waals surface area contributed by atoms with Gasteiger partial charge in [0.05, 0.1) is 5.69 Å². The number of aryl methyl sites for hydroxylation is 2. The molecule has 1 aromatic heterocycles. The quantitative estimate of drug-likeness (QED) is 0.735. The van der Waals surface area contributed by atoms with E-state index in [1.165, 1.54) is 0 Å². The molecule has 0 radical (unpaired) electrons. The number of amides is 1. The summed E-state index contributed by atoms with van der Waals surface area (Å²) in [4.78, 5) is 16.1. The van der Waals surface area contributed by atoms with Crippen LogP contribution in [0.3, 0.4) is 0 Å². The number of nitrogens with zero attached hydrogens (tertiary/aromatic N) is 1. The van der Waals surface area contributed by atoms with Crippen LogP contribution in [0.4, 0.5) is 11.5 Å². The second kappa shape index (κ2) is 6.74. The molecule has 0 aliphatic rings. The van der Waals surface area contributed by atoms with Crippen molar-refractivity contribution in [2.75, 3.05) is 24.1 Å². The Morgan fingerprint density at radius 3 is 2.81 bits per heavy atom. The van der Waals surface area contributed by atoms with Crippen LogP contribution in [0.15, 0.2) is 36.5 Å². The van der Waals surface area contributed by atoms with Gasteiger partial charge in [-0.05, 0) is 37.6 Å². The molecule has 0 aliphatic carbocycles.